The van der Waals surface area contributed by atoms with E-state index in [0.717, 1.165) is 110 Å². The predicted octanol–water partition coefficient (Wildman–Crippen LogP) is 15.7. The van der Waals surface area contributed by atoms with E-state index in [1.807, 2.05) is 60.7 Å². The maximum atomic E-state index is 10.5. The molecule has 0 unspecified atom stereocenters. The lowest BCUT2D eigenvalue weighted by Gasteiger charge is -2.32. The molecule has 0 spiro atoms. The zero-order valence-electron chi connectivity index (χ0n) is 31.9. The summed E-state index contributed by atoms with van der Waals surface area (Å²) in [6.45, 7) is 8.22. The van der Waals surface area contributed by atoms with E-state index in [1.165, 1.54) is 0 Å². The number of nitriles is 1. The van der Waals surface area contributed by atoms with E-state index >= 15 is 0 Å². The lowest BCUT2D eigenvalue weighted by atomic mass is 9.89. The van der Waals surface area contributed by atoms with Crippen molar-refractivity contribution in [3.8, 4) is 6.07 Å². The molecule has 0 saturated carbocycles. The fourth-order valence-electron chi connectivity index (χ4n) is 9.28. The second kappa shape index (κ2) is 13.0. The monoisotopic (exact) mass is 766 g/mol. The SMILES string of the molecule is [C-]#[N+]c1cc(C#N)c2ccc3c(N(c4ccccc4)c4cccc5c4oc4ccccc45)cc(N(c4ccccc4)c4cccc5c4oc4ccccc45)c4ccc1c2c34. The Balaban J connectivity index is 1.27. The van der Waals surface area contributed by atoms with Crippen LogP contribution in [0.5, 0.6) is 0 Å². The van der Waals surface area contributed by atoms with Gasteiger partial charge in [0.05, 0.1) is 35.4 Å². The van der Waals surface area contributed by atoms with Crippen molar-refractivity contribution in [1.82, 2.24) is 0 Å². The number of hydrogen-bond acceptors (Lipinski definition) is 5. The van der Waals surface area contributed by atoms with Gasteiger partial charge >= 0.3 is 0 Å². The summed E-state index contributed by atoms with van der Waals surface area (Å²) < 4.78 is 13.5. The molecule has 0 aliphatic rings. The van der Waals surface area contributed by atoms with Crippen LogP contribution in [0.2, 0.25) is 0 Å². The number of hydrogen-bond donors (Lipinski definition) is 0. The zero-order valence-corrected chi connectivity index (χ0v) is 31.9. The van der Waals surface area contributed by atoms with Gasteiger partial charge < -0.3 is 18.6 Å². The molecular weight excluding hydrogens is 737 g/mol. The van der Waals surface area contributed by atoms with Crippen LogP contribution in [-0.2, 0) is 0 Å². The van der Waals surface area contributed by atoms with E-state index in [9.17, 15) is 5.26 Å². The smallest absolute Gasteiger partial charge is 0.196 e. The van der Waals surface area contributed by atoms with Gasteiger partial charge in [-0.3, -0.25) is 0 Å². The number of para-hydroxylation sites is 6. The van der Waals surface area contributed by atoms with E-state index < -0.39 is 0 Å². The second-order valence-electron chi connectivity index (χ2n) is 15.0. The summed E-state index contributed by atoms with van der Waals surface area (Å²) in [5.41, 5.74) is 9.50. The summed E-state index contributed by atoms with van der Waals surface area (Å²) in [5.74, 6) is 0. The van der Waals surface area contributed by atoms with Gasteiger partial charge in [-0.05, 0) is 76.8 Å². The molecule has 2 aromatic heterocycles. The molecule has 60 heavy (non-hydrogen) atoms. The third kappa shape index (κ3) is 4.80. The van der Waals surface area contributed by atoms with Crippen molar-refractivity contribution in [1.29, 1.82) is 5.26 Å². The van der Waals surface area contributed by atoms with Crippen molar-refractivity contribution in [3.05, 3.63) is 199 Å². The minimum absolute atomic E-state index is 0.444. The van der Waals surface area contributed by atoms with Crippen molar-refractivity contribution >= 4 is 116 Å². The number of benzene rings is 10. The Kier molecular flexibility index (Phi) is 7.26. The molecule has 12 rings (SSSR count). The second-order valence-corrected chi connectivity index (χ2v) is 15.0. The van der Waals surface area contributed by atoms with Crippen molar-refractivity contribution in [2.75, 3.05) is 9.80 Å². The van der Waals surface area contributed by atoms with Gasteiger partial charge in [-0.25, -0.2) is 4.85 Å². The van der Waals surface area contributed by atoms with Gasteiger partial charge in [0.1, 0.15) is 11.2 Å². The van der Waals surface area contributed by atoms with E-state index in [4.69, 9.17) is 15.4 Å². The van der Waals surface area contributed by atoms with E-state index in [-0.39, 0.29) is 0 Å². The highest BCUT2D eigenvalue weighted by Crippen LogP contribution is 2.53. The van der Waals surface area contributed by atoms with Crippen LogP contribution < -0.4 is 9.80 Å². The van der Waals surface area contributed by atoms with Gasteiger partial charge in [-0.15, -0.1) is 0 Å². The molecule has 0 fully saturated rings. The van der Waals surface area contributed by atoms with Crippen LogP contribution in [0.4, 0.5) is 39.8 Å². The average molecular weight is 767 g/mol. The van der Waals surface area contributed by atoms with Crippen LogP contribution in [-0.4, -0.2) is 0 Å². The number of nitrogens with zero attached hydrogens (tertiary/aromatic N) is 4. The molecule has 0 aliphatic carbocycles. The van der Waals surface area contributed by atoms with E-state index in [0.29, 0.717) is 11.3 Å². The lowest BCUT2D eigenvalue weighted by Crippen LogP contribution is -2.15. The summed E-state index contributed by atoms with van der Waals surface area (Å²) in [6, 6.07) is 64.4. The topological polar surface area (TPSA) is 60.9 Å². The Morgan fingerprint density at radius 3 is 1.38 bits per heavy atom. The number of anilines is 6. The molecule has 0 N–H and O–H groups in total. The average Bonchev–Trinajstić information content (AvgIpc) is 3.89. The van der Waals surface area contributed by atoms with Crippen molar-refractivity contribution in [3.63, 3.8) is 0 Å². The van der Waals surface area contributed by atoms with Gasteiger partial charge in [0, 0.05) is 54.6 Å². The third-order valence-electron chi connectivity index (χ3n) is 11.8. The molecule has 0 saturated heterocycles. The van der Waals surface area contributed by atoms with Crippen LogP contribution in [0.25, 0.3) is 81.0 Å². The fraction of sp³-hybridized carbons (Fsp3) is 0. The Morgan fingerprint density at radius 2 is 0.867 bits per heavy atom. The van der Waals surface area contributed by atoms with Crippen molar-refractivity contribution in [2.45, 2.75) is 0 Å². The maximum Gasteiger partial charge on any atom is 0.196 e. The first kappa shape index (κ1) is 33.5. The van der Waals surface area contributed by atoms with Crippen LogP contribution in [0.15, 0.2) is 191 Å². The molecule has 0 bridgehead atoms. The first-order valence-corrected chi connectivity index (χ1v) is 19.8. The minimum atomic E-state index is 0.444. The summed E-state index contributed by atoms with van der Waals surface area (Å²) in [5, 5.41) is 20.0. The molecule has 6 heteroatoms. The molecular formula is C54H30N4O2. The Bertz CT molecular complexity index is 3520. The molecule has 278 valence electrons. The normalized spacial score (nSPS) is 11.6. The fourth-order valence-corrected chi connectivity index (χ4v) is 9.28. The number of fused-ring (bicyclic) bond motifs is 6. The number of furan rings is 2. The molecule has 2 heterocycles. The molecule has 0 amide bonds. The molecule has 10 aromatic carbocycles. The third-order valence-corrected chi connectivity index (χ3v) is 11.8. The largest absolute Gasteiger partial charge is 0.454 e. The highest BCUT2D eigenvalue weighted by Gasteiger charge is 2.28. The van der Waals surface area contributed by atoms with Crippen LogP contribution in [0.3, 0.4) is 0 Å². The highest BCUT2D eigenvalue weighted by molar-refractivity contribution is 6.31. The van der Waals surface area contributed by atoms with Gasteiger partial charge in [0.15, 0.2) is 16.9 Å². The van der Waals surface area contributed by atoms with Gasteiger partial charge in [0.2, 0.25) is 0 Å². The van der Waals surface area contributed by atoms with Gasteiger partial charge in [-0.2, -0.15) is 5.26 Å². The summed E-state index contributed by atoms with van der Waals surface area (Å²) >= 11 is 0. The van der Waals surface area contributed by atoms with Gasteiger partial charge in [-0.1, -0.05) is 121 Å². The standard InChI is InChI=1S/C54H30N4O2/c1-56-44-30-33(32-55)36-26-28-42-47(57(34-14-4-2-5-15-34)45-22-12-20-39-37-18-8-10-24-49(37)59-53(39)45)31-48(43-29-27-41(44)51(36)52(42)43)58(35-16-6-3-7-17-35)46-23-13-21-40-38-19-9-11-25-50(38)60-54(40)46/h2-31H. The lowest BCUT2D eigenvalue weighted by molar-refractivity contribution is 0.669. The van der Waals surface area contributed by atoms with Crippen LogP contribution in [0, 0.1) is 17.9 Å². The van der Waals surface area contributed by atoms with Crippen molar-refractivity contribution < 1.29 is 8.83 Å². The molecule has 0 radical (unpaired) electrons. The maximum absolute atomic E-state index is 10.5. The van der Waals surface area contributed by atoms with Gasteiger partial charge in [0.25, 0.3) is 0 Å². The summed E-state index contributed by atoms with van der Waals surface area (Å²) in [6.07, 6.45) is 0. The summed E-state index contributed by atoms with van der Waals surface area (Å²) in [7, 11) is 0. The Labute approximate surface area is 343 Å². The van der Waals surface area contributed by atoms with Crippen LogP contribution in [0.1, 0.15) is 5.56 Å². The number of rotatable bonds is 6. The molecule has 0 aliphatic heterocycles. The van der Waals surface area contributed by atoms with E-state index in [2.05, 4.69) is 136 Å². The van der Waals surface area contributed by atoms with Crippen molar-refractivity contribution in [2.24, 2.45) is 0 Å². The quantitative estimate of drug-likeness (QED) is 0.125. The Hall–Kier alpha value is -8.58. The molecule has 12 aromatic rings. The molecule has 0 atom stereocenters. The molecule has 6 nitrogen and oxygen atoms in total. The highest BCUT2D eigenvalue weighted by atomic mass is 16.3. The van der Waals surface area contributed by atoms with Crippen LogP contribution >= 0.6 is 0 Å². The predicted molar refractivity (Wildman–Crippen MR) is 245 cm³/mol. The zero-order chi connectivity index (χ0) is 39.9. The minimum Gasteiger partial charge on any atom is -0.454 e. The Morgan fingerprint density at radius 1 is 0.417 bits per heavy atom. The first-order chi connectivity index (χ1) is 29.7. The first-order valence-electron chi connectivity index (χ1n) is 19.8. The summed E-state index contributed by atoms with van der Waals surface area (Å²) in [4.78, 5) is 8.52. The van der Waals surface area contributed by atoms with E-state index in [1.54, 1.807) is 6.07 Å².